The Kier molecular flexibility index (Phi) is 4.54. The van der Waals surface area contributed by atoms with Gasteiger partial charge in [-0.25, -0.2) is 4.79 Å². The number of rotatable bonds is 2. The van der Waals surface area contributed by atoms with E-state index >= 15 is 0 Å². The van der Waals surface area contributed by atoms with E-state index in [4.69, 9.17) is 0 Å². The third-order valence-corrected chi connectivity index (χ3v) is 0.962. The summed E-state index contributed by atoms with van der Waals surface area (Å²) in [7, 11) is 1.53. The summed E-state index contributed by atoms with van der Waals surface area (Å²) in [5.74, 6) is 0.785. The van der Waals surface area contributed by atoms with E-state index in [0.717, 1.165) is 17.8 Å². The van der Waals surface area contributed by atoms with Crippen LogP contribution in [0.2, 0.25) is 0 Å². The molecular weight excluding hydrogens is 126 g/mol. The van der Waals surface area contributed by atoms with Gasteiger partial charge in [-0.3, -0.25) is 0 Å². The Morgan fingerprint density at radius 3 is 2.88 bits per heavy atom. The first-order chi connectivity index (χ1) is 3.81. The summed E-state index contributed by atoms with van der Waals surface area (Å²) in [5.41, 5.74) is 0. The second kappa shape index (κ2) is 4.77. The van der Waals surface area contributed by atoms with Crippen LogP contribution in [0.1, 0.15) is 6.92 Å². The highest BCUT2D eigenvalue weighted by atomic mass is 32.2. The monoisotopic (exact) mass is 135 g/mol. The molecule has 0 saturated heterocycles. The van der Waals surface area contributed by atoms with Gasteiger partial charge in [-0.2, -0.15) is 0 Å². The lowest BCUT2D eigenvalue weighted by Gasteiger charge is -1.96. The topological polar surface area (TPSA) is 38.3 Å². The molecule has 0 aliphatic rings. The lowest BCUT2D eigenvalue weighted by atomic mass is 11.0. The van der Waals surface area contributed by atoms with E-state index in [9.17, 15) is 4.79 Å². The van der Waals surface area contributed by atoms with Crippen molar-refractivity contribution in [3.63, 3.8) is 0 Å². The van der Waals surface area contributed by atoms with Crippen LogP contribution >= 0.6 is 12.0 Å². The van der Waals surface area contributed by atoms with E-state index in [0.29, 0.717) is 0 Å². The van der Waals surface area contributed by atoms with Crippen molar-refractivity contribution in [2.75, 3.05) is 12.8 Å². The molecule has 0 radical (unpaired) electrons. The van der Waals surface area contributed by atoms with Crippen molar-refractivity contribution in [3.05, 3.63) is 0 Å². The van der Waals surface area contributed by atoms with Gasteiger partial charge in [-0.05, 0) is 0 Å². The summed E-state index contributed by atoms with van der Waals surface area (Å²) < 4.78 is 4.51. The molecule has 0 aromatic rings. The molecule has 4 heteroatoms. The van der Waals surface area contributed by atoms with Crippen molar-refractivity contribution >= 4 is 18.1 Å². The molecule has 1 N–H and O–H groups in total. The van der Waals surface area contributed by atoms with Crippen LogP contribution in [0.3, 0.4) is 0 Å². The van der Waals surface area contributed by atoms with Gasteiger partial charge in [0.05, 0.1) is 12.0 Å². The van der Waals surface area contributed by atoms with Gasteiger partial charge < -0.3 is 9.50 Å². The second-order valence-electron chi connectivity index (χ2n) is 1.03. The average molecular weight is 135 g/mol. The van der Waals surface area contributed by atoms with E-state index in [1.54, 1.807) is 0 Å². The molecule has 0 saturated carbocycles. The largest absolute Gasteiger partial charge is 0.419 e. The zero-order valence-corrected chi connectivity index (χ0v) is 5.75. The Balaban J connectivity index is 2.99. The van der Waals surface area contributed by atoms with Crippen LogP contribution in [-0.2, 0) is 4.18 Å². The van der Waals surface area contributed by atoms with E-state index in [-0.39, 0.29) is 0 Å². The van der Waals surface area contributed by atoms with Gasteiger partial charge in [0.2, 0.25) is 0 Å². The lowest BCUT2D eigenvalue weighted by molar-refractivity contribution is 0.211. The number of nitrogens with one attached hydrogen (secondary N) is 1. The molecule has 0 rings (SSSR count). The molecule has 0 bridgehead atoms. The van der Waals surface area contributed by atoms with Crippen molar-refractivity contribution in [1.29, 1.82) is 0 Å². The van der Waals surface area contributed by atoms with Crippen molar-refractivity contribution in [2.24, 2.45) is 0 Å². The van der Waals surface area contributed by atoms with Gasteiger partial charge in [-0.1, -0.05) is 6.92 Å². The summed E-state index contributed by atoms with van der Waals surface area (Å²) in [5, 5.41) is 2.32. The molecule has 3 nitrogen and oxygen atoms in total. The second-order valence-corrected chi connectivity index (χ2v) is 2.01. The third kappa shape index (κ3) is 3.80. The first kappa shape index (κ1) is 7.62. The fourth-order valence-corrected chi connectivity index (χ4v) is 0.462. The molecule has 0 fully saturated rings. The Hall–Kier alpha value is -0.380. The third-order valence-electron chi connectivity index (χ3n) is 0.457. The van der Waals surface area contributed by atoms with Crippen molar-refractivity contribution in [2.45, 2.75) is 6.92 Å². The zero-order valence-electron chi connectivity index (χ0n) is 4.93. The van der Waals surface area contributed by atoms with Crippen LogP contribution in [0, 0.1) is 0 Å². The molecule has 0 atom stereocenters. The normalized spacial score (nSPS) is 8.25. The fraction of sp³-hybridized carbons (Fsp3) is 0.750. The number of hydrogen-bond acceptors (Lipinski definition) is 3. The first-order valence-corrected chi connectivity index (χ1v) is 3.23. The summed E-state index contributed by atoms with van der Waals surface area (Å²) >= 11 is 1.13. The quantitative estimate of drug-likeness (QED) is 0.574. The Morgan fingerprint density at radius 1 is 1.88 bits per heavy atom. The molecule has 0 spiro atoms. The molecule has 0 aliphatic carbocycles. The highest BCUT2D eigenvalue weighted by molar-refractivity contribution is 7.95. The number of hydrogen-bond donors (Lipinski definition) is 1. The van der Waals surface area contributed by atoms with Crippen LogP contribution in [0.5, 0.6) is 0 Å². The molecule has 0 unspecified atom stereocenters. The Bertz CT molecular complexity index is 76.4. The van der Waals surface area contributed by atoms with Crippen LogP contribution in [0.15, 0.2) is 0 Å². The number of carbonyl (C=O) groups is 1. The van der Waals surface area contributed by atoms with Gasteiger partial charge in [0, 0.05) is 12.8 Å². The minimum Gasteiger partial charge on any atom is -0.375 e. The summed E-state index contributed by atoms with van der Waals surface area (Å²) in [6.45, 7) is 1.91. The maximum atomic E-state index is 10.2. The maximum absolute atomic E-state index is 10.2. The van der Waals surface area contributed by atoms with Crippen molar-refractivity contribution in [3.8, 4) is 0 Å². The molecule has 0 aromatic carbocycles. The molecular formula is C4H9NO2S. The van der Waals surface area contributed by atoms with Gasteiger partial charge >= 0.3 is 6.09 Å². The van der Waals surface area contributed by atoms with Crippen LogP contribution in [0.4, 0.5) is 4.79 Å². The van der Waals surface area contributed by atoms with Crippen LogP contribution in [0.25, 0.3) is 0 Å². The molecule has 48 valence electrons. The van der Waals surface area contributed by atoms with Gasteiger partial charge in [-0.15, -0.1) is 0 Å². The smallest absolute Gasteiger partial charge is 0.375 e. The van der Waals surface area contributed by atoms with Gasteiger partial charge in [0.25, 0.3) is 0 Å². The Morgan fingerprint density at radius 2 is 2.50 bits per heavy atom. The van der Waals surface area contributed by atoms with E-state index in [1.807, 2.05) is 6.92 Å². The van der Waals surface area contributed by atoms with Crippen LogP contribution in [-0.4, -0.2) is 18.9 Å². The van der Waals surface area contributed by atoms with Crippen LogP contribution < -0.4 is 5.32 Å². The summed E-state index contributed by atoms with van der Waals surface area (Å²) in [6, 6.07) is 0. The summed E-state index contributed by atoms with van der Waals surface area (Å²) in [4.78, 5) is 10.2. The average Bonchev–Trinajstić information content (AvgIpc) is 1.83. The van der Waals surface area contributed by atoms with E-state index in [1.165, 1.54) is 7.05 Å². The van der Waals surface area contributed by atoms with Crippen molar-refractivity contribution in [1.82, 2.24) is 5.32 Å². The zero-order chi connectivity index (χ0) is 6.41. The van der Waals surface area contributed by atoms with Gasteiger partial charge in [0.15, 0.2) is 0 Å². The highest BCUT2D eigenvalue weighted by Crippen LogP contribution is 1.99. The molecule has 0 heterocycles. The van der Waals surface area contributed by atoms with E-state index < -0.39 is 6.09 Å². The highest BCUT2D eigenvalue weighted by Gasteiger charge is 1.93. The standard InChI is InChI=1S/C4H9NO2S/c1-3-8-7-4(6)5-2/h3H2,1-2H3,(H,5,6). The SMILES string of the molecule is CCSOC(=O)NC. The lowest BCUT2D eigenvalue weighted by Crippen LogP contribution is -2.15. The summed E-state index contributed by atoms with van der Waals surface area (Å²) in [6.07, 6.45) is -0.392. The molecule has 0 aliphatic heterocycles. The first-order valence-electron chi connectivity index (χ1n) is 2.32. The van der Waals surface area contributed by atoms with Crippen molar-refractivity contribution < 1.29 is 8.98 Å². The molecule has 1 amide bonds. The maximum Gasteiger partial charge on any atom is 0.419 e. The van der Waals surface area contributed by atoms with Gasteiger partial charge in [0.1, 0.15) is 0 Å². The van der Waals surface area contributed by atoms with E-state index in [2.05, 4.69) is 9.50 Å². The predicted molar refractivity (Wildman–Crippen MR) is 33.7 cm³/mol. The minimum atomic E-state index is -0.392. The predicted octanol–water partition coefficient (Wildman–Crippen LogP) is 1.01. The molecule has 8 heavy (non-hydrogen) atoms. The number of carbonyl (C=O) groups excluding carboxylic acids is 1. The molecule has 0 aromatic heterocycles. The Labute approximate surface area is 53.0 Å². The number of amides is 1. The fourth-order valence-electron chi connectivity index (χ4n) is 0.154. The minimum absolute atomic E-state index is 0.392.